The molecular formula is C21H19BrCl2N4O6. The highest BCUT2D eigenvalue weighted by Crippen LogP contribution is 2.65. The van der Waals surface area contributed by atoms with Crippen LogP contribution in [0.2, 0.25) is 0 Å². The number of fused-ring (bicyclic) bond motifs is 4. The summed E-state index contributed by atoms with van der Waals surface area (Å²) in [6, 6.07) is 3.69. The van der Waals surface area contributed by atoms with Gasteiger partial charge in [-0.05, 0) is 17.7 Å². The maximum Gasteiger partial charge on any atom is 0.347 e. The lowest BCUT2D eigenvalue weighted by molar-refractivity contribution is -0.138. The Morgan fingerprint density at radius 3 is 2.53 bits per heavy atom. The number of carbonyl (C=O) groups is 2. The van der Waals surface area contributed by atoms with Crippen molar-refractivity contribution in [2.45, 2.75) is 34.7 Å². The van der Waals surface area contributed by atoms with Gasteiger partial charge in [0.15, 0.2) is 9.75 Å². The van der Waals surface area contributed by atoms with Crippen molar-refractivity contribution in [2.24, 2.45) is 7.05 Å². The van der Waals surface area contributed by atoms with E-state index in [0.29, 0.717) is 5.57 Å². The first kappa shape index (κ1) is 23.3. The first-order valence-corrected chi connectivity index (χ1v) is 12.2. The number of aromatic nitrogens is 3. The van der Waals surface area contributed by atoms with E-state index in [1.807, 2.05) is 0 Å². The Morgan fingerprint density at radius 1 is 1.18 bits per heavy atom. The number of phenolic OH excluding ortho intramolecular Hbond substituents is 1. The molecule has 180 valence electrons. The van der Waals surface area contributed by atoms with E-state index in [0.717, 1.165) is 9.47 Å². The smallest absolute Gasteiger partial charge is 0.347 e. The van der Waals surface area contributed by atoms with Gasteiger partial charge in [0.05, 0.1) is 25.2 Å². The summed E-state index contributed by atoms with van der Waals surface area (Å²) in [5, 5.41) is 10.9. The highest BCUT2D eigenvalue weighted by atomic mass is 79.9. The molecule has 1 aromatic heterocycles. The van der Waals surface area contributed by atoms with Crippen LogP contribution >= 0.6 is 39.1 Å². The van der Waals surface area contributed by atoms with Gasteiger partial charge in [-0.1, -0.05) is 28.1 Å². The molecule has 1 N–H and O–H groups in total. The Morgan fingerprint density at radius 2 is 1.88 bits per heavy atom. The van der Waals surface area contributed by atoms with Crippen molar-refractivity contribution in [2.75, 3.05) is 12.6 Å². The van der Waals surface area contributed by atoms with E-state index in [1.54, 1.807) is 18.2 Å². The summed E-state index contributed by atoms with van der Waals surface area (Å²) in [7, 11) is 2.75. The minimum Gasteiger partial charge on any atom is -0.508 e. The van der Waals surface area contributed by atoms with Gasteiger partial charge < -0.3 is 9.84 Å². The molecule has 0 radical (unpaired) electrons. The van der Waals surface area contributed by atoms with Gasteiger partial charge >= 0.3 is 11.4 Å². The second kappa shape index (κ2) is 7.50. The number of rotatable bonds is 3. The molecule has 0 bridgehead atoms. The molecule has 1 aliphatic carbocycles. The van der Waals surface area contributed by atoms with Crippen molar-refractivity contribution < 1.29 is 19.4 Å². The monoisotopic (exact) mass is 572 g/mol. The lowest BCUT2D eigenvalue weighted by Crippen LogP contribution is -2.59. The number of nitrogens with zero attached hydrogens (tertiary/aromatic N) is 4. The van der Waals surface area contributed by atoms with Gasteiger partial charge in [0.25, 0.3) is 11.8 Å². The average Bonchev–Trinajstić information content (AvgIpc) is 3.12. The molecule has 1 saturated heterocycles. The van der Waals surface area contributed by atoms with E-state index in [4.69, 9.17) is 27.9 Å². The number of aromatic hydroxyl groups is 1. The number of amides is 2. The molecule has 34 heavy (non-hydrogen) atoms. The van der Waals surface area contributed by atoms with Crippen LogP contribution in [0.3, 0.4) is 0 Å². The predicted octanol–water partition coefficient (Wildman–Crippen LogP) is 1.41. The molecule has 2 aromatic rings. The van der Waals surface area contributed by atoms with E-state index in [9.17, 15) is 24.3 Å². The van der Waals surface area contributed by atoms with Crippen LogP contribution in [-0.2, 0) is 23.2 Å². The van der Waals surface area contributed by atoms with E-state index in [2.05, 4.69) is 15.9 Å². The molecule has 2 amide bonds. The molecule has 1 aromatic carbocycles. The fourth-order valence-corrected chi connectivity index (χ4v) is 6.83. The van der Waals surface area contributed by atoms with E-state index >= 15 is 0 Å². The fraction of sp³-hybridized carbons (Fsp3) is 0.429. The third kappa shape index (κ3) is 2.57. The number of hydrogen-bond acceptors (Lipinski definition) is 6. The number of likely N-dealkylation sites (tertiary alicyclic amines) is 1. The zero-order chi connectivity index (χ0) is 24.7. The largest absolute Gasteiger partial charge is 0.508 e. The van der Waals surface area contributed by atoms with Gasteiger partial charge in [-0.25, -0.2) is 23.5 Å². The second-order valence-corrected chi connectivity index (χ2v) is 10.2. The minimum absolute atomic E-state index is 0.0275. The Labute approximate surface area is 211 Å². The summed E-state index contributed by atoms with van der Waals surface area (Å²) in [4.78, 5) is 49.6. The van der Waals surface area contributed by atoms with Gasteiger partial charge in [0.2, 0.25) is 0 Å². The molecule has 2 fully saturated rings. The summed E-state index contributed by atoms with van der Waals surface area (Å²) in [5.74, 6) is -2.59. The Bertz CT molecular complexity index is 1410. The molecule has 1 saturated carbocycles. The predicted molar refractivity (Wildman–Crippen MR) is 126 cm³/mol. The van der Waals surface area contributed by atoms with Gasteiger partial charge in [-0.15, -0.1) is 23.2 Å². The van der Waals surface area contributed by atoms with Crippen LogP contribution < -0.4 is 16.1 Å². The molecular weight excluding hydrogens is 555 g/mol. The number of allylic oxidation sites excluding steroid dienone is 2. The fourth-order valence-electron chi connectivity index (χ4n) is 5.44. The zero-order valence-electron chi connectivity index (χ0n) is 18.0. The van der Waals surface area contributed by atoms with Crippen molar-refractivity contribution in [3.8, 4) is 11.5 Å². The van der Waals surface area contributed by atoms with Crippen molar-refractivity contribution in [3.63, 3.8) is 0 Å². The molecule has 13 heteroatoms. The summed E-state index contributed by atoms with van der Waals surface area (Å²) >= 11 is 17.3. The number of halogens is 3. The third-order valence-corrected chi connectivity index (χ3v) is 8.94. The number of alkyl halides is 3. The third-order valence-electron chi connectivity index (χ3n) is 7.02. The summed E-state index contributed by atoms with van der Waals surface area (Å²) in [6.07, 6.45) is 1.48. The highest BCUT2D eigenvalue weighted by molar-refractivity contribution is 9.09. The average molecular weight is 574 g/mol. The molecule has 0 unspecified atom stereocenters. The van der Waals surface area contributed by atoms with Gasteiger partial charge in [-0.2, -0.15) is 0 Å². The highest BCUT2D eigenvalue weighted by Gasteiger charge is 2.75. The van der Waals surface area contributed by atoms with Crippen LogP contribution in [-0.4, -0.2) is 58.1 Å². The maximum atomic E-state index is 13.6. The van der Waals surface area contributed by atoms with Gasteiger partial charge in [-0.3, -0.25) is 14.5 Å². The van der Waals surface area contributed by atoms with Crippen LogP contribution in [0.5, 0.6) is 11.5 Å². The second-order valence-electron chi connectivity index (χ2n) is 8.47. The van der Waals surface area contributed by atoms with Crippen molar-refractivity contribution in [1.29, 1.82) is 0 Å². The topological polar surface area (TPSA) is 116 Å². The number of imide groups is 1. The molecule has 10 nitrogen and oxygen atoms in total. The minimum atomic E-state index is -2.03. The molecule has 4 atom stereocenters. The van der Waals surface area contributed by atoms with Gasteiger partial charge in [0, 0.05) is 24.9 Å². The van der Waals surface area contributed by atoms with Crippen molar-refractivity contribution in [1.82, 2.24) is 18.8 Å². The lowest BCUT2D eigenvalue weighted by Gasteiger charge is -2.49. The Kier molecular flexibility index (Phi) is 5.13. The van der Waals surface area contributed by atoms with Crippen LogP contribution in [0.1, 0.15) is 23.9 Å². The number of ether oxygens (including phenoxy) is 1. The van der Waals surface area contributed by atoms with E-state index in [-0.39, 0.29) is 35.5 Å². The quantitative estimate of drug-likeness (QED) is 0.257. The number of benzene rings is 1. The van der Waals surface area contributed by atoms with E-state index in [1.165, 1.54) is 29.6 Å². The zero-order valence-corrected chi connectivity index (χ0v) is 21.1. The molecule has 3 aliphatic rings. The number of methoxy groups -OCH3 is 1. The van der Waals surface area contributed by atoms with Crippen molar-refractivity contribution >= 4 is 50.9 Å². The first-order chi connectivity index (χ1) is 16.0. The molecule has 2 aliphatic heterocycles. The standard InChI is InChI=1S/C21H19BrCl2N4O6/c1-25-18(32)27-7-6-10-11(28(27)19(25)33)8-20(23)16(30)26(9-22)17(31)21(20,24)15(10)14-12(29)4-3-5-13(14)34-2/h3-6,11,15,29H,7-9H2,1-2H3/t11-,15-,20-,21+/m1/s1. The normalized spacial score (nSPS) is 30.0. The Hall–Kier alpha value is -2.50. The SMILES string of the molecule is COc1cccc(O)c1[C@H]1C2=CCn3c(=O)n(C)c(=O)n3[C@@H]2C[C@@]2(Cl)C(=O)N(CBr)C(=O)[C@@]12Cl. The van der Waals surface area contributed by atoms with Crippen molar-refractivity contribution in [3.05, 3.63) is 56.4 Å². The van der Waals surface area contributed by atoms with E-state index < -0.39 is 44.9 Å². The summed E-state index contributed by atoms with van der Waals surface area (Å²) in [6.45, 7) is 0.0275. The first-order valence-electron chi connectivity index (χ1n) is 10.3. The summed E-state index contributed by atoms with van der Waals surface area (Å²) in [5.41, 5.74) is -0.619. The van der Waals surface area contributed by atoms with Crippen LogP contribution in [0.15, 0.2) is 39.4 Å². The van der Waals surface area contributed by atoms with Crippen LogP contribution in [0.25, 0.3) is 0 Å². The number of hydrogen-bond donors (Lipinski definition) is 1. The summed E-state index contributed by atoms with van der Waals surface area (Å²) < 4.78 is 8.93. The number of carbonyl (C=O) groups excluding carboxylic acids is 2. The Balaban J connectivity index is 1.87. The number of phenols is 1. The molecule has 5 rings (SSSR count). The molecule has 0 spiro atoms. The maximum absolute atomic E-state index is 13.6. The molecule has 3 heterocycles. The van der Waals surface area contributed by atoms with Crippen LogP contribution in [0.4, 0.5) is 0 Å². The lowest BCUT2D eigenvalue weighted by atomic mass is 9.64. The van der Waals surface area contributed by atoms with Gasteiger partial charge in [0.1, 0.15) is 11.5 Å². The van der Waals surface area contributed by atoms with Crippen LogP contribution in [0, 0.1) is 0 Å².